The van der Waals surface area contributed by atoms with Gasteiger partial charge in [-0.1, -0.05) is 41.4 Å². The standard InChI is InChI=1S/C22H21Cl2N5OS2/c1-2-29-20(13-8-9-16(23)17(24)10-13)27-28-22(29)31-12-19(30)26-21-15(11-25)14-6-4-3-5-7-18(14)32-21/h8-10H,2-7,12H2,1H3,(H,26,30). The molecule has 0 saturated heterocycles. The summed E-state index contributed by atoms with van der Waals surface area (Å²) in [5.74, 6) is 0.680. The van der Waals surface area contributed by atoms with Crippen LogP contribution in [0.15, 0.2) is 23.4 Å². The van der Waals surface area contributed by atoms with Crippen LogP contribution in [0.2, 0.25) is 10.0 Å². The molecule has 0 radical (unpaired) electrons. The maximum absolute atomic E-state index is 12.7. The highest BCUT2D eigenvalue weighted by Gasteiger charge is 2.21. The highest BCUT2D eigenvalue weighted by atomic mass is 35.5. The summed E-state index contributed by atoms with van der Waals surface area (Å²) in [5.41, 5.74) is 2.56. The molecule has 4 rings (SSSR count). The van der Waals surface area contributed by atoms with Gasteiger partial charge in [0.15, 0.2) is 11.0 Å². The topological polar surface area (TPSA) is 83.6 Å². The zero-order valence-corrected chi connectivity index (χ0v) is 20.6. The summed E-state index contributed by atoms with van der Waals surface area (Å²) in [7, 11) is 0. The number of nitrogens with zero attached hydrogens (tertiary/aromatic N) is 4. The molecule has 166 valence electrons. The van der Waals surface area contributed by atoms with E-state index in [4.69, 9.17) is 23.2 Å². The molecule has 6 nitrogen and oxygen atoms in total. The van der Waals surface area contributed by atoms with Crippen molar-refractivity contribution in [2.24, 2.45) is 0 Å². The van der Waals surface area contributed by atoms with Gasteiger partial charge in [0, 0.05) is 17.0 Å². The lowest BCUT2D eigenvalue weighted by Gasteiger charge is -2.08. The summed E-state index contributed by atoms with van der Waals surface area (Å²) < 4.78 is 1.94. The number of thioether (sulfide) groups is 1. The lowest BCUT2D eigenvalue weighted by molar-refractivity contribution is -0.113. The SMILES string of the molecule is CCn1c(SCC(=O)Nc2sc3c(c2C#N)CCCCC3)nnc1-c1ccc(Cl)c(Cl)c1. The van der Waals surface area contributed by atoms with E-state index in [1.807, 2.05) is 17.6 Å². The lowest BCUT2D eigenvalue weighted by Crippen LogP contribution is -2.14. The maximum atomic E-state index is 12.7. The van der Waals surface area contributed by atoms with Gasteiger partial charge in [-0.05, 0) is 56.4 Å². The number of hydrogen-bond donors (Lipinski definition) is 1. The first-order valence-corrected chi connectivity index (χ1v) is 12.9. The first-order valence-electron chi connectivity index (χ1n) is 10.4. The number of halogens is 2. The van der Waals surface area contributed by atoms with E-state index in [1.54, 1.807) is 23.5 Å². The smallest absolute Gasteiger partial charge is 0.235 e. The van der Waals surface area contributed by atoms with E-state index in [1.165, 1.54) is 23.1 Å². The van der Waals surface area contributed by atoms with Gasteiger partial charge in [-0.2, -0.15) is 5.26 Å². The van der Waals surface area contributed by atoms with E-state index in [0.717, 1.165) is 36.8 Å². The van der Waals surface area contributed by atoms with Crippen LogP contribution in [0.5, 0.6) is 0 Å². The van der Waals surface area contributed by atoms with Crippen molar-refractivity contribution in [2.45, 2.75) is 50.7 Å². The number of benzene rings is 1. The number of rotatable bonds is 6. The highest BCUT2D eigenvalue weighted by molar-refractivity contribution is 7.99. The second-order valence-corrected chi connectivity index (χ2v) is 10.3. The Labute approximate surface area is 204 Å². The Morgan fingerprint density at radius 3 is 2.81 bits per heavy atom. The maximum Gasteiger partial charge on any atom is 0.235 e. The van der Waals surface area contributed by atoms with Gasteiger partial charge in [0.2, 0.25) is 5.91 Å². The molecular weight excluding hydrogens is 485 g/mol. The van der Waals surface area contributed by atoms with E-state index < -0.39 is 0 Å². The van der Waals surface area contributed by atoms with E-state index in [2.05, 4.69) is 21.6 Å². The van der Waals surface area contributed by atoms with Crippen LogP contribution < -0.4 is 5.32 Å². The van der Waals surface area contributed by atoms with Crippen molar-refractivity contribution in [2.75, 3.05) is 11.1 Å². The Morgan fingerprint density at radius 1 is 1.25 bits per heavy atom. The van der Waals surface area contributed by atoms with Crippen molar-refractivity contribution in [3.8, 4) is 17.5 Å². The number of aromatic nitrogens is 3. The Balaban J connectivity index is 1.47. The minimum Gasteiger partial charge on any atom is -0.316 e. The Hall–Kier alpha value is -2.05. The number of carbonyl (C=O) groups is 1. The van der Waals surface area contributed by atoms with E-state index in [-0.39, 0.29) is 11.7 Å². The Kier molecular flexibility index (Phi) is 7.41. The normalized spacial score (nSPS) is 13.3. The summed E-state index contributed by atoms with van der Waals surface area (Å²) in [4.78, 5) is 13.9. The number of carbonyl (C=O) groups excluding carboxylic acids is 1. The highest BCUT2D eigenvalue weighted by Crippen LogP contribution is 2.37. The molecule has 2 aromatic heterocycles. The number of thiophene rings is 1. The first kappa shape index (κ1) is 23.1. The van der Waals surface area contributed by atoms with Crippen molar-refractivity contribution in [1.82, 2.24) is 14.8 Å². The largest absolute Gasteiger partial charge is 0.316 e. The molecule has 0 unspecified atom stereocenters. The van der Waals surface area contributed by atoms with Crippen molar-refractivity contribution in [3.05, 3.63) is 44.2 Å². The number of fused-ring (bicyclic) bond motifs is 1. The molecule has 32 heavy (non-hydrogen) atoms. The van der Waals surface area contributed by atoms with Crippen LogP contribution in [0.3, 0.4) is 0 Å². The Morgan fingerprint density at radius 2 is 2.06 bits per heavy atom. The summed E-state index contributed by atoms with van der Waals surface area (Å²) >= 11 is 15.0. The number of nitrogens with one attached hydrogen (secondary N) is 1. The predicted octanol–water partition coefficient (Wildman–Crippen LogP) is 6.20. The molecule has 1 aliphatic rings. The van der Waals surface area contributed by atoms with E-state index in [9.17, 15) is 10.1 Å². The average molecular weight is 506 g/mol. The quantitative estimate of drug-likeness (QED) is 0.318. The fraction of sp³-hybridized carbons (Fsp3) is 0.364. The first-order chi connectivity index (χ1) is 15.5. The molecule has 10 heteroatoms. The number of aryl methyl sites for hydroxylation is 1. The fourth-order valence-corrected chi connectivity index (χ4v) is 6.13. The van der Waals surface area contributed by atoms with Crippen LogP contribution in [-0.4, -0.2) is 26.4 Å². The summed E-state index contributed by atoms with van der Waals surface area (Å²) in [6.07, 6.45) is 5.31. The molecule has 0 saturated carbocycles. The second-order valence-electron chi connectivity index (χ2n) is 7.40. The van der Waals surface area contributed by atoms with E-state index in [0.29, 0.717) is 38.1 Å². The molecule has 0 fully saturated rings. The molecule has 1 amide bonds. The summed E-state index contributed by atoms with van der Waals surface area (Å²) in [5, 5.41) is 23.4. The summed E-state index contributed by atoms with van der Waals surface area (Å²) in [6.45, 7) is 2.63. The third kappa shape index (κ3) is 4.81. The third-order valence-electron chi connectivity index (χ3n) is 5.33. The van der Waals surface area contributed by atoms with Crippen LogP contribution in [0, 0.1) is 11.3 Å². The van der Waals surface area contributed by atoms with E-state index >= 15 is 0 Å². The molecule has 1 N–H and O–H groups in total. The molecule has 1 aromatic carbocycles. The third-order valence-corrected chi connectivity index (χ3v) is 8.24. The summed E-state index contributed by atoms with van der Waals surface area (Å²) in [6, 6.07) is 7.63. The minimum atomic E-state index is -0.162. The van der Waals surface area contributed by atoms with Crippen LogP contribution >= 0.6 is 46.3 Å². The monoisotopic (exact) mass is 505 g/mol. The zero-order valence-electron chi connectivity index (χ0n) is 17.5. The van der Waals surface area contributed by atoms with Crippen molar-refractivity contribution in [1.29, 1.82) is 5.26 Å². The fourth-order valence-electron chi connectivity index (χ4n) is 3.77. The van der Waals surface area contributed by atoms with Gasteiger partial charge in [-0.25, -0.2) is 0 Å². The number of hydrogen-bond acceptors (Lipinski definition) is 6. The molecule has 0 spiro atoms. The molecule has 0 bridgehead atoms. The van der Waals surface area contributed by atoms with Crippen molar-refractivity contribution >= 4 is 57.2 Å². The molecule has 3 aromatic rings. The predicted molar refractivity (Wildman–Crippen MR) is 131 cm³/mol. The van der Waals surface area contributed by atoms with Crippen LogP contribution in [0.1, 0.15) is 42.2 Å². The zero-order chi connectivity index (χ0) is 22.7. The van der Waals surface area contributed by atoms with Gasteiger partial charge >= 0.3 is 0 Å². The van der Waals surface area contributed by atoms with Crippen molar-refractivity contribution in [3.63, 3.8) is 0 Å². The molecule has 2 heterocycles. The van der Waals surface area contributed by atoms with Crippen molar-refractivity contribution < 1.29 is 4.79 Å². The molecule has 1 aliphatic carbocycles. The van der Waals surface area contributed by atoms with Crippen LogP contribution in [-0.2, 0) is 24.2 Å². The minimum absolute atomic E-state index is 0.162. The lowest BCUT2D eigenvalue weighted by atomic mass is 10.1. The van der Waals surface area contributed by atoms with Gasteiger partial charge in [0.05, 0.1) is 21.4 Å². The number of anilines is 1. The van der Waals surface area contributed by atoms with Gasteiger partial charge in [0.1, 0.15) is 11.1 Å². The Bertz CT molecular complexity index is 1200. The average Bonchev–Trinajstić information content (AvgIpc) is 3.26. The van der Waals surface area contributed by atoms with Gasteiger partial charge in [-0.15, -0.1) is 21.5 Å². The van der Waals surface area contributed by atoms with Gasteiger partial charge < -0.3 is 9.88 Å². The van der Waals surface area contributed by atoms with Crippen LogP contribution in [0.4, 0.5) is 5.00 Å². The van der Waals surface area contributed by atoms with Crippen LogP contribution in [0.25, 0.3) is 11.4 Å². The molecule has 0 aliphatic heterocycles. The number of nitriles is 1. The number of amides is 1. The second kappa shape index (κ2) is 10.3. The molecular formula is C22H21Cl2N5OS2. The van der Waals surface area contributed by atoms with Gasteiger partial charge in [-0.3, -0.25) is 4.79 Å². The van der Waals surface area contributed by atoms with Gasteiger partial charge in [0.25, 0.3) is 0 Å². The molecule has 0 atom stereocenters.